The number of rotatable bonds is 8. The first-order valence-corrected chi connectivity index (χ1v) is 9.27. The van der Waals surface area contributed by atoms with E-state index in [9.17, 15) is 9.59 Å². The molecule has 0 aliphatic carbocycles. The van der Waals surface area contributed by atoms with E-state index >= 15 is 0 Å². The predicted molar refractivity (Wildman–Crippen MR) is 104 cm³/mol. The van der Waals surface area contributed by atoms with Gasteiger partial charge in [0.2, 0.25) is 11.8 Å². The molecule has 0 atom stereocenters. The van der Waals surface area contributed by atoms with E-state index in [1.165, 1.54) is 6.08 Å². The third kappa shape index (κ3) is 6.81. The number of hydrogen-bond donors (Lipinski definition) is 2. The van der Waals surface area contributed by atoms with Crippen LogP contribution < -0.4 is 10.6 Å². The Balaban J connectivity index is 1.82. The predicted octanol–water partition coefficient (Wildman–Crippen LogP) is 3.07. The van der Waals surface area contributed by atoms with Crippen LogP contribution in [0.4, 0.5) is 0 Å². The molecular weight excluding hydrogens is 404 g/mol. The molecule has 2 N–H and O–H groups in total. The lowest BCUT2D eigenvalue weighted by atomic mass is 10.2. The van der Waals surface area contributed by atoms with Gasteiger partial charge in [0.25, 0.3) is 0 Å². The molecule has 0 saturated heterocycles. The van der Waals surface area contributed by atoms with Crippen LogP contribution in [0.1, 0.15) is 4.88 Å². The minimum atomic E-state index is -0.305. The van der Waals surface area contributed by atoms with E-state index in [1.54, 1.807) is 24.5 Å². The van der Waals surface area contributed by atoms with Gasteiger partial charge in [-0.1, -0.05) is 28.1 Å². The molecule has 5 nitrogen and oxygen atoms in total. The van der Waals surface area contributed by atoms with Gasteiger partial charge < -0.3 is 15.4 Å². The summed E-state index contributed by atoms with van der Waals surface area (Å²) in [6, 6.07) is 12.1. The van der Waals surface area contributed by atoms with E-state index in [2.05, 4.69) is 26.6 Å². The first-order chi connectivity index (χ1) is 12.1. The normalized spacial score (nSPS) is 10.8. The van der Waals surface area contributed by atoms with E-state index < -0.39 is 0 Å². The van der Waals surface area contributed by atoms with Gasteiger partial charge in [-0.2, -0.15) is 0 Å². The molecule has 1 aromatic carbocycles. The molecule has 7 heteroatoms. The van der Waals surface area contributed by atoms with Crippen LogP contribution in [0.3, 0.4) is 0 Å². The maximum absolute atomic E-state index is 11.8. The van der Waals surface area contributed by atoms with Crippen molar-refractivity contribution in [2.75, 3.05) is 26.8 Å². The number of nitrogens with one attached hydrogen (secondary N) is 2. The van der Waals surface area contributed by atoms with Crippen LogP contribution in [-0.4, -0.2) is 38.6 Å². The Labute approximate surface area is 159 Å². The second-order valence-electron chi connectivity index (χ2n) is 5.10. The van der Waals surface area contributed by atoms with Gasteiger partial charge in [-0.25, -0.2) is 0 Å². The second-order valence-corrected chi connectivity index (χ2v) is 7.13. The number of carbonyl (C=O) groups is 2. The van der Waals surface area contributed by atoms with Crippen LogP contribution >= 0.6 is 27.3 Å². The highest BCUT2D eigenvalue weighted by atomic mass is 79.9. The van der Waals surface area contributed by atoms with Crippen molar-refractivity contribution < 1.29 is 14.3 Å². The number of carbonyl (C=O) groups excluding carboxylic acids is 2. The summed E-state index contributed by atoms with van der Waals surface area (Å²) in [6.45, 7) is 0.815. The largest absolute Gasteiger partial charge is 0.383 e. The Hall–Kier alpha value is -1.96. The maximum atomic E-state index is 11.8. The van der Waals surface area contributed by atoms with Crippen LogP contribution in [0, 0.1) is 0 Å². The van der Waals surface area contributed by atoms with Gasteiger partial charge in [-0.15, -0.1) is 11.3 Å². The highest BCUT2D eigenvalue weighted by Gasteiger charge is 2.04. The summed E-state index contributed by atoms with van der Waals surface area (Å²) in [4.78, 5) is 25.3. The average molecular weight is 423 g/mol. The van der Waals surface area contributed by atoms with Crippen molar-refractivity contribution in [1.82, 2.24) is 10.6 Å². The van der Waals surface area contributed by atoms with E-state index in [0.717, 1.165) is 19.8 Å². The molecular formula is C18H19BrN2O3S. The highest BCUT2D eigenvalue weighted by molar-refractivity contribution is 9.10. The standard InChI is InChI=1S/C18H19BrN2O3S/c1-24-11-10-20-18(23)12-21-17(22)9-7-15-6-8-16(25-15)13-2-4-14(19)5-3-13/h2-9H,10-12H2,1H3,(H,20,23)(H,21,22). The summed E-state index contributed by atoms with van der Waals surface area (Å²) in [5.74, 6) is -0.548. The van der Waals surface area contributed by atoms with Crippen molar-refractivity contribution in [3.63, 3.8) is 0 Å². The number of halogens is 1. The molecule has 132 valence electrons. The van der Waals surface area contributed by atoms with Gasteiger partial charge in [-0.05, 0) is 35.9 Å². The number of hydrogen-bond acceptors (Lipinski definition) is 4. The monoisotopic (exact) mass is 422 g/mol. The SMILES string of the molecule is COCCNC(=O)CNC(=O)C=Cc1ccc(-c2ccc(Br)cc2)s1. The summed E-state index contributed by atoms with van der Waals surface area (Å²) in [5.41, 5.74) is 1.13. The first kappa shape index (κ1) is 19.4. The summed E-state index contributed by atoms with van der Waals surface area (Å²) < 4.78 is 5.87. The third-order valence-electron chi connectivity index (χ3n) is 3.21. The van der Waals surface area contributed by atoms with Crippen LogP contribution in [-0.2, 0) is 14.3 Å². The van der Waals surface area contributed by atoms with Gasteiger partial charge in [-0.3, -0.25) is 9.59 Å². The molecule has 0 fully saturated rings. The molecule has 2 aromatic rings. The third-order valence-corrected chi connectivity index (χ3v) is 4.83. The lowest BCUT2D eigenvalue weighted by Crippen LogP contribution is -2.37. The first-order valence-electron chi connectivity index (χ1n) is 7.66. The Bertz CT molecular complexity index is 741. The molecule has 0 aliphatic rings. The van der Waals surface area contributed by atoms with Crippen molar-refractivity contribution in [2.24, 2.45) is 0 Å². The van der Waals surface area contributed by atoms with E-state index in [4.69, 9.17) is 4.74 Å². The van der Waals surface area contributed by atoms with Gasteiger partial charge in [0.05, 0.1) is 13.2 Å². The summed E-state index contributed by atoms with van der Waals surface area (Å²) in [6.07, 6.45) is 3.17. The van der Waals surface area contributed by atoms with Crippen molar-refractivity contribution in [3.8, 4) is 10.4 Å². The Morgan fingerprint density at radius 1 is 1.16 bits per heavy atom. The Morgan fingerprint density at radius 2 is 1.92 bits per heavy atom. The Kier molecular flexibility index (Phi) is 7.84. The molecule has 2 amide bonds. The zero-order chi connectivity index (χ0) is 18.1. The number of ether oxygens (including phenoxy) is 1. The molecule has 1 heterocycles. The van der Waals surface area contributed by atoms with E-state index in [-0.39, 0.29) is 18.4 Å². The van der Waals surface area contributed by atoms with Gasteiger partial charge in [0.1, 0.15) is 0 Å². The summed E-state index contributed by atoms with van der Waals surface area (Å²) in [7, 11) is 1.56. The average Bonchev–Trinajstić information content (AvgIpc) is 3.08. The maximum Gasteiger partial charge on any atom is 0.244 e. The van der Waals surface area contributed by atoms with Crippen molar-refractivity contribution in [3.05, 3.63) is 51.8 Å². The van der Waals surface area contributed by atoms with Gasteiger partial charge in [0.15, 0.2) is 0 Å². The lowest BCUT2D eigenvalue weighted by Gasteiger charge is -2.04. The van der Waals surface area contributed by atoms with Crippen LogP contribution in [0.15, 0.2) is 46.9 Å². The minimum Gasteiger partial charge on any atom is -0.383 e. The lowest BCUT2D eigenvalue weighted by molar-refractivity contribution is -0.124. The van der Waals surface area contributed by atoms with Crippen LogP contribution in [0.5, 0.6) is 0 Å². The summed E-state index contributed by atoms with van der Waals surface area (Å²) in [5, 5.41) is 5.18. The summed E-state index contributed by atoms with van der Waals surface area (Å²) >= 11 is 5.02. The fourth-order valence-electron chi connectivity index (χ4n) is 1.95. The Morgan fingerprint density at radius 3 is 2.64 bits per heavy atom. The fraction of sp³-hybridized carbons (Fsp3) is 0.222. The number of methoxy groups -OCH3 is 1. The van der Waals surface area contributed by atoms with E-state index in [0.29, 0.717) is 13.2 Å². The highest BCUT2D eigenvalue weighted by Crippen LogP contribution is 2.29. The topological polar surface area (TPSA) is 67.4 Å². The molecule has 0 bridgehead atoms. The van der Waals surface area contributed by atoms with Crippen LogP contribution in [0.25, 0.3) is 16.5 Å². The molecule has 1 aromatic heterocycles. The minimum absolute atomic E-state index is 0.0541. The molecule has 0 unspecified atom stereocenters. The van der Waals surface area contributed by atoms with Gasteiger partial charge in [0, 0.05) is 34.0 Å². The zero-order valence-electron chi connectivity index (χ0n) is 13.8. The smallest absolute Gasteiger partial charge is 0.244 e. The molecule has 2 rings (SSSR count). The number of thiophene rings is 1. The fourth-order valence-corrected chi connectivity index (χ4v) is 3.13. The number of amides is 2. The quantitative estimate of drug-likeness (QED) is 0.507. The molecule has 0 saturated carbocycles. The molecule has 0 spiro atoms. The molecule has 25 heavy (non-hydrogen) atoms. The van der Waals surface area contributed by atoms with Gasteiger partial charge >= 0.3 is 0 Å². The van der Waals surface area contributed by atoms with E-state index in [1.807, 2.05) is 36.4 Å². The van der Waals surface area contributed by atoms with Crippen molar-refractivity contribution in [2.45, 2.75) is 0 Å². The molecule has 0 aliphatic heterocycles. The van der Waals surface area contributed by atoms with Crippen molar-refractivity contribution in [1.29, 1.82) is 0 Å². The zero-order valence-corrected chi connectivity index (χ0v) is 16.2. The second kappa shape index (κ2) is 10.1. The van der Waals surface area contributed by atoms with Crippen molar-refractivity contribution >= 4 is 45.2 Å². The van der Waals surface area contributed by atoms with Crippen LogP contribution in [0.2, 0.25) is 0 Å². The number of benzene rings is 1. The molecule has 0 radical (unpaired) electrons.